The predicted molar refractivity (Wildman–Crippen MR) is 65.9 cm³/mol. The monoisotopic (exact) mass is 205 g/mol. The Hall–Kier alpha value is -0.893. The molecule has 2 heteroatoms. The van der Waals surface area contributed by atoms with Crippen LogP contribution in [0.25, 0.3) is 6.08 Å². The Balaban J connectivity index is 2.64. The lowest BCUT2D eigenvalue weighted by Gasteiger charge is -2.15. The van der Waals surface area contributed by atoms with Crippen LogP contribution in [0.1, 0.15) is 19.0 Å². The van der Waals surface area contributed by atoms with Crippen molar-refractivity contribution in [2.75, 3.05) is 0 Å². The molecule has 0 unspecified atom stereocenters. The van der Waals surface area contributed by atoms with Crippen molar-refractivity contribution >= 4 is 14.1 Å². The molecular weight excluding hydrogens is 186 g/mol. The van der Waals surface area contributed by atoms with Crippen molar-refractivity contribution in [3.05, 3.63) is 35.8 Å². The predicted octanol–water partition coefficient (Wildman–Crippen LogP) is 3.75. The third-order valence-corrected chi connectivity index (χ3v) is 5.15. The fourth-order valence-electron chi connectivity index (χ4n) is 1.51. The van der Waals surface area contributed by atoms with E-state index in [9.17, 15) is 0 Å². The van der Waals surface area contributed by atoms with Gasteiger partial charge in [0.1, 0.15) is 0 Å². The van der Waals surface area contributed by atoms with Crippen molar-refractivity contribution in [2.45, 2.75) is 32.5 Å². The van der Waals surface area contributed by atoms with Crippen LogP contribution in [0.4, 0.5) is 0 Å². The van der Waals surface area contributed by atoms with Gasteiger partial charge in [-0.3, -0.25) is 4.98 Å². The van der Waals surface area contributed by atoms with E-state index in [2.05, 4.69) is 36.8 Å². The molecule has 1 rings (SSSR count). The molecule has 0 amide bonds. The molecule has 1 heterocycles. The molecule has 1 nitrogen and oxygen atoms in total. The summed E-state index contributed by atoms with van der Waals surface area (Å²) in [7, 11) is -1.11. The Morgan fingerprint density at radius 3 is 2.71 bits per heavy atom. The molecule has 0 fully saturated rings. The highest BCUT2D eigenvalue weighted by Crippen LogP contribution is 2.14. The van der Waals surface area contributed by atoms with Crippen LogP contribution in [-0.2, 0) is 0 Å². The van der Waals surface area contributed by atoms with Gasteiger partial charge in [0.2, 0.25) is 0 Å². The average molecular weight is 205 g/mol. The third kappa shape index (κ3) is 3.88. The van der Waals surface area contributed by atoms with E-state index < -0.39 is 8.07 Å². The van der Waals surface area contributed by atoms with Gasteiger partial charge in [-0.25, -0.2) is 0 Å². The summed E-state index contributed by atoms with van der Waals surface area (Å²) in [5.41, 5.74) is 3.46. The topological polar surface area (TPSA) is 12.9 Å². The van der Waals surface area contributed by atoms with E-state index in [-0.39, 0.29) is 0 Å². The van der Waals surface area contributed by atoms with Gasteiger partial charge in [0.25, 0.3) is 0 Å². The number of nitrogens with zero attached hydrogens (tertiary/aromatic N) is 1. The van der Waals surface area contributed by atoms with Crippen LogP contribution < -0.4 is 0 Å². The number of pyridine rings is 1. The zero-order valence-electron chi connectivity index (χ0n) is 9.33. The second-order valence-electron chi connectivity index (χ2n) is 4.33. The van der Waals surface area contributed by atoms with E-state index in [1.54, 1.807) is 0 Å². The molecule has 0 atom stereocenters. The number of rotatable bonds is 4. The van der Waals surface area contributed by atoms with Crippen molar-refractivity contribution < 1.29 is 0 Å². The van der Waals surface area contributed by atoms with Crippen LogP contribution in [0.5, 0.6) is 0 Å². The van der Waals surface area contributed by atoms with Gasteiger partial charge in [0, 0.05) is 6.20 Å². The first-order chi connectivity index (χ1) is 6.64. The van der Waals surface area contributed by atoms with Gasteiger partial charge in [-0.2, -0.15) is 0 Å². The van der Waals surface area contributed by atoms with Crippen molar-refractivity contribution in [3.63, 3.8) is 0 Å². The van der Waals surface area contributed by atoms with Gasteiger partial charge in [-0.1, -0.05) is 44.2 Å². The third-order valence-electron chi connectivity index (χ3n) is 2.29. The molecule has 0 aliphatic carbocycles. The van der Waals surface area contributed by atoms with E-state index in [1.807, 2.05) is 24.4 Å². The first-order valence-electron chi connectivity index (χ1n) is 5.24. The van der Waals surface area contributed by atoms with Crippen LogP contribution in [-0.4, -0.2) is 13.1 Å². The Labute approximate surface area is 87.9 Å². The van der Waals surface area contributed by atoms with E-state index in [0.29, 0.717) is 0 Å². The first kappa shape index (κ1) is 11.2. The van der Waals surface area contributed by atoms with Gasteiger partial charge in [-0.15, -0.1) is 0 Å². The Morgan fingerprint density at radius 1 is 1.36 bits per heavy atom. The van der Waals surface area contributed by atoms with Gasteiger partial charge < -0.3 is 0 Å². The molecule has 76 valence electrons. The van der Waals surface area contributed by atoms with Crippen LogP contribution in [0.15, 0.2) is 30.1 Å². The SMILES string of the molecule is CCC[Si](C)(C)/C=C/c1ccccn1. The minimum absolute atomic E-state index is 1.07. The lowest BCUT2D eigenvalue weighted by atomic mass is 10.3. The Kier molecular flexibility index (Phi) is 4.08. The van der Waals surface area contributed by atoms with Crippen molar-refractivity contribution in [2.24, 2.45) is 0 Å². The minimum atomic E-state index is -1.11. The lowest BCUT2D eigenvalue weighted by Crippen LogP contribution is -2.21. The molecule has 0 saturated carbocycles. The quantitative estimate of drug-likeness (QED) is 0.682. The van der Waals surface area contributed by atoms with Crippen molar-refractivity contribution in [3.8, 4) is 0 Å². The normalized spacial score (nSPS) is 12.2. The van der Waals surface area contributed by atoms with Crippen LogP contribution >= 0.6 is 0 Å². The maximum Gasteiger partial charge on any atom is 0.0718 e. The average Bonchev–Trinajstić information content (AvgIpc) is 2.17. The summed E-state index contributed by atoms with van der Waals surface area (Å²) in [6, 6.07) is 7.39. The maximum absolute atomic E-state index is 4.28. The van der Waals surface area contributed by atoms with E-state index >= 15 is 0 Å². The minimum Gasteiger partial charge on any atom is -0.257 e. The molecule has 0 saturated heterocycles. The van der Waals surface area contributed by atoms with Gasteiger partial charge in [-0.05, 0) is 18.2 Å². The van der Waals surface area contributed by atoms with Gasteiger partial charge >= 0.3 is 0 Å². The molecule has 0 aromatic carbocycles. The summed E-state index contributed by atoms with van der Waals surface area (Å²) in [4.78, 5) is 4.28. The van der Waals surface area contributed by atoms with Crippen LogP contribution in [0, 0.1) is 0 Å². The first-order valence-corrected chi connectivity index (χ1v) is 8.53. The second kappa shape index (κ2) is 5.10. The smallest absolute Gasteiger partial charge is 0.0718 e. The fraction of sp³-hybridized carbons (Fsp3) is 0.417. The molecule has 0 N–H and O–H groups in total. The molecule has 1 aromatic rings. The zero-order chi connectivity index (χ0) is 10.4. The largest absolute Gasteiger partial charge is 0.257 e. The molecular formula is C12H19NSi. The number of hydrogen-bond acceptors (Lipinski definition) is 1. The lowest BCUT2D eigenvalue weighted by molar-refractivity contribution is 1.05. The molecule has 0 aliphatic heterocycles. The van der Waals surface area contributed by atoms with Gasteiger partial charge in [0.15, 0.2) is 0 Å². The van der Waals surface area contributed by atoms with E-state index in [0.717, 1.165) is 5.69 Å². The van der Waals surface area contributed by atoms with Crippen molar-refractivity contribution in [1.82, 2.24) is 4.98 Å². The summed E-state index contributed by atoms with van der Waals surface area (Å²) in [6.07, 6.45) is 5.29. The summed E-state index contributed by atoms with van der Waals surface area (Å²) >= 11 is 0. The van der Waals surface area contributed by atoms with Crippen LogP contribution in [0.2, 0.25) is 19.1 Å². The highest BCUT2D eigenvalue weighted by molar-refractivity contribution is 6.82. The molecule has 1 aromatic heterocycles. The second-order valence-corrected chi connectivity index (χ2v) is 9.14. The Morgan fingerprint density at radius 2 is 2.14 bits per heavy atom. The molecule has 0 bridgehead atoms. The summed E-state index contributed by atoms with van der Waals surface area (Å²) in [5.74, 6) is 0. The maximum atomic E-state index is 4.28. The highest BCUT2D eigenvalue weighted by atomic mass is 28.3. The zero-order valence-corrected chi connectivity index (χ0v) is 10.3. The highest BCUT2D eigenvalue weighted by Gasteiger charge is 2.14. The molecule has 14 heavy (non-hydrogen) atoms. The fourth-order valence-corrected chi connectivity index (χ4v) is 3.59. The van der Waals surface area contributed by atoms with Gasteiger partial charge in [0.05, 0.1) is 13.8 Å². The summed E-state index contributed by atoms with van der Waals surface area (Å²) in [5, 5.41) is 0. The van der Waals surface area contributed by atoms with Crippen molar-refractivity contribution in [1.29, 1.82) is 0 Å². The number of hydrogen-bond donors (Lipinski definition) is 0. The number of aromatic nitrogens is 1. The van der Waals surface area contributed by atoms with E-state index in [4.69, 9.17) is 0 Å². The standard InChI is InChI=1S/C12H19NSi/c1-4-10-14(2,3)11-8-12-7-5-6-9-13-12/h5-9,11H,4,10H2,1-3H3/b11-8+. The van der Waals surface area contributed by atoms with E-state index in [1.165, 1.54) is 12.5 Å². The Bertz CT molecular complexity index is 290. The summed E-state index contributed by atoms with van der Waals surface area (Å²) in [6.45, 7) is 7.05. The molecule has 0 radical (unpaired) electrons. The van der Waals surface area contributed by atoms with Crippen LogP contribution in [0.3, 0.4) is 0 Å². The molecule has 0 spiro atoms. The molecule has 0 aliphatic rings. The summed E-state index contributed by atoms with van der Waals surface area (Å²) < 4.78 is 0.